The van der Waals surface area contributed by atoms with Crippen LogP contribution >= 0.6 is 0 Å². The van der Waals surface area contributed by atoms with Crippen LogP contribution < -0.4 is 4.74 Å². The molecule has 0 saturated heterocycles. The lowest BCUT2D eigenvalue weighted by Crippen LogP contribution is -2.01. The zero-order valence-corrected chi connectivity index (χ0v) is 7.66. The topological polar surface area (TPSA) is 9.23 Å². The van der Waals surface area contributed by atoms with E-state index in [-0.39, 0.29) is 0 Å². The van der Waals surface area contributed by atoms with Gasteiger partial charge in [0.2, 0.25) is 0 Å². The molecule has 0 bridgehead atoms. The minimum Gasteiger partial charge on any atom is -0.493 e. The van der Waals surface area contributed by atoms with Gasteiger partial charge in [0.1, 0.15) is 5.75 Å². The third kappa shape index (κ3) is 3.42. The third-order valence-corrected chi connectivity index (χ3v) is 1.56. The molecule has 0 heterocycles. The standard InChI is InChI=1S/C11H15O/c1-10(2)8-9-12-11-6-4-3-5-7-11/h3-8,10H,9H2,1-2H3. The predicted octanol–water partition coefficient (Wildman–Crippen LogP) is 2.93. The van der Waals surface area contributed by atoms with E-state index in [0.29, 0.717) is 12.5 Å². The van der Waals surface area contributed by atoms with Crippen molar-refractivity contribution >= 4 is 0 Å². The van der Waals surface area contributed by atoms with Crippen LogP contribution in [0.4, 0.5) is 0 Å². The summed E-state index contributed by atoms with van der Waals surface area (Å²) in [5, 5.41) is 0. The smallest absolute Gasteiger partial charge is 0.119 e. The lowest BCUT2D eigenvalue weighted by atomic mass is 10.1. The number of benzene rings is 1. The van der Waals surface area contributed by atoms with Crippen LogP contribution in [0, 0.1) is 12.3 Å². The number of rotatable bonds is 4. The van der Waals surface area contributed by atoms with Gasteiger partial charge in [0.25, 0.3) is 0 Å². The Hall–Kier alpha value is -0.980. The van der Waals surface area contributed by atoms with Gasteiger partial charge < -0.3 is 4.74 Å². The summed E-state index contributed by atoms with van der Waals surface area (Å²) in [5.41, 5.74) is 0. The molecule has 1 heteroatoms. The predicted molar refractivity (Wildman–Crippen MR) is 51.1 cm³/mol. The van der Waals surface area contributed by atoms with Gasteiger partial charge in [-0.1, -0.05) is 32.0 Å². The van der Waals surface area contributed by atoms with Crippen LogP contribution in [0.3, 0.4) is 0 Å². The lowest BCUT2D eigenvalue weighted by Gasteiger charge is -2.06. The Morgan fingerprint density at radius 3 is 2.50 bits per heavy atom. The third-order valence-electron chi connectivity index (χ3n) is 1.56. The monoisotopic (exact) mass is 163 g/mol. The maximum absolute atomic E-state index is 5.46. The Morgan fingerprint density at radius 1 is 1.25 bits per heavy atom. The van der Waals surface area contributed by atoms with Gasteiger partial charge in [-0.15, -0.1) is 0 Å². The van der Waals surface area contributed by atoms with Crippen LogP contribution in [-0.4, -0.2) is 6.61 Å². The van der Waals surface area contributed by atoms with E-state index < -0.39 is 0 Å². The molecule has 1 nitrogen and oxygen atoms in total. The van der Waals surface area contributed by atoms with Crippen molar-refractivity contribution in [2.75, 3.05) is 6.61 Å². The summed E-state index contributed by atoms with van der Waals surface area (Å²) in [4.78, 5) is 0. The molecule has 1 radical (unpaired) electrons. The summed E-state index contributed by atoms with van der Waals surface area (Å²) in [6.07, 6.45) is 2.15. The zero-order valence-electron chi connectivity index (χ0n) is 7.66. The summed E-state index contributed by atoms with van der Waals surface area (Å²) in [6, 6.07) is 9.87. The first-order chi connectivity index (χ1) is 5.79. The van der Waals surface area contributed by atoms with E-state index in [1.807, 2.05) is 30.3 Å². The Balaban J connectivity index is 2.25. The minimum atomic E-state index is 0.591. The van der Waals surface area contributed by atoms with Gasteiger partial charge in [0.15, 0.2) is 0 Å². The van der Waals surface area contributed by atoms with Crippen molar-refractivity contribution < 1.29 is 4.74 Å². The van der Waals surface area contributed by atoms with E-state index in [2.05, 4.69) is 20.3 Å². The summed E-state index contributed by atoms with van der Waals surface area (Å²) < 4.78 is 5.46. The highest BCUT2D eigenvalue weighted by Crippen LogP contribution is 2.09. The lowest BCUT2D eigenvalue weighted by molar-refractivity contribution is 0.336. The molecule has 0 aromatic heterocycles. The largest absolute Gasteiger partial charge is 0.493 e. The summed E-state index contributed by atoms with van der Waals surface area (Å²) in [6.45, 7) is 4.99. The average Bonchev–Trinajstić information content (AvgIpc) is 2.05. The highest BCUT2D eigenvalue weighted by Gasteiger charge is 1.95. The molecule has 0 fully saturated rings. The fourth-order valence-corrected chi connectivity index (χ4v) is 0.854. The second-order valence-corrected chi connectivity index (χ2v) is 3.10. The van der Waals surface area contributed by atoms with E-state index in [1.54, 1.807) is 0 Å². The molecule has 0 spiro atoms. The van der Waals surface area contributed by atoms with Crippen LogP contribution in [0.25, 0.3) is 0 Å². The normalized spacial score (nSPS) is 10.2. The second-order valence-electron chi connectivity index (χ2n) is 3.10. The van der Waals surface area contributed by atoms with Crippen LogP contribution in [0.1, 0.15) is 13.8 Å². The number of para-hydroxylation sites is 1. The van der Waals surface area contributed by atoms with Crippen molar-refractivity contribution in [3.8, 4) is 5.75 Å². The Bertz CT molecular complexity index is 204. The molecule has 0 N–H and O–H groups in total. The summed E-state index contributed by atoms with van der Waals surface area (Å²) >= 11 is 0. The molecular weight excluding hydrogens is 148 g/mol. The Morgan fingerprint density at radius 2 is 1.92 bits per heavy atom. The van der Waals surface area contributed by atoms with Crippen molar-refractivity contribution in [3.63, 3.8) is 0 Å². The summed E-state index contributed by atoms with van der Waals surface area (Å²) in [5.74, 6) is 1.53. The quantitative estimate of drug-likeness (QED) is 0.663. The highest BCUT2D eigenvalue weighted by molar-refractivity contribution is 5.20. The van der Waals surface area contributed by atoms with Crippen molar-refractivity contribution in [2.45, 2.75) is 13.8 Å². The molecule has 0 amide bonds. The van der Waals surface area contributed by atoms with E-state index >= 15 is 0 Å². The van der Waals surface area contributed by atoms with Crippen LogP contribution in [0.2, 0.25) is 0 Å². The minimum absolute atomic E-state index is 0.591. The number of hydrogen-bond acceptors (Lipinski definition) is 1. The fourth-order valence-electron chi connectivity index (χ4n) is 0.854. The van der Waals surface area contributed by atoms with Crippen molar-refractivity contribution in [1.82, 2.24) is 0 Å². The molecule has 0 atom stereocenters. The van der Waals surface area contributed by atoms with Gasteiger partial charge in [0, 0.05) is 6.42 Å². The molecule has 0 aliphatic rings. The Kier molecular flexibility index (Phi) is 3.65. The second kappa shape index (κ2) is 4.81. The van der Waals surface area contributed by atoms with Gasteiger partial charge in [0.05, 0.1) is 6.61 Å². The molecule has 0 aliphatic heterocycles. The zero-order chi connectivity index (χ0) is 8.81. The molecule has 1 aromatic rings. The molecular formula is C11H15O. The fraction of sp³-hybridized carbons (Fsp3) is 0.364. The molecule has 65 valence electrons. The number of ether oxygens (including phenoxy) is 1. The maximum Gasteiger partial charge on any atom is 0.119 e. The average molecular weight is 163 g/mol. The van der Waals surface area contributed by atoms with Gasteiger partial charge in [-0.3, -0.25) is 0 Å². The number of hydrogen-bond donors (Lipinski definition) is 0. The van der Waals surface area contributed by atoms with E-state index in [9.17, 15) is 0 Å². The maximum atomic E-state index is 5.46. The first-order valence-corrected chi connectivity index (χ1v) is 4.30. The van der Waals surface area contributed by atoms with Crippen LogP contribution in [0.15, 0.2) is 30.3 Å². The molecule has 0 saturated carbocycles. The first-order valence-electron chi connectivity index (χ1n) is 4.30. The van der Waals surface area contributed by atoms with Crippen molar-refractivity contribution in [3.05, 3.63) is 36.8 Å². The Labute approximate surface area is 74.4 Å². The molecule has 1 aromatic carbocycles. The first kappa shape index (κ1) is 9.11. The highest BCUT2D eigenvalue weighted by atomic mass is 16.5. The summed E-state index contributed by atoms with van der Waals surface area (Å²) in [7, 11) is 0. The van der Waals surface area contributed by atoms with Crippen molar-refractivity contribution in [2.24, 2.45) is 5.92 Å². The van der Waals surface area contributed by atoms with E-state index in [0.717, 1.165) is 5.75 Å². The van der Waals surface area contributed by atoms with E-state index in [1.165, 1.54) is 0 Å². The van der Waals surface area contributed by atoms with Gasteiger partial charge >= 0.3 is 0 Å². The van der Waals surface area contributed by atoms with Gasteiger partial charge in [-0.2, -0.15) is 0 Å². The van der Waals surface area contributed by atoms with E-state index in [4.69, 9.17) is 4.74 Å². The SMILES string of the molecule is CC(C)[CH]COc1ccccc1. The van der Waals surface area contributed by atoms with Crippen molar-refractivity contribution in [1.29, 1.82) is 0 Å². The van der Waals surface area contributed by atoms with Gasteiger partial charge in [-0.25, -0.2) is 0 Å². The molecule has 1 rings (SSSR count). The molecule has 0 aliphatic carbocycles. The van der Waals surface area contributed by atoms with Gasteiger partial charge in [-0.05, 0) is 18.1 Å². The molecule has 0 unspecified atom stereocenters. The molecule has 12 heavy (non-hydrogen) atoms. The van der Waals surface area contributed by atoms with Crippen LogP contribution in [-0.2, 0) is 0 Å². The van der Waals surface area contributed by atoms with Crippen LogP contribution in [0.5, 0.6) is 5.75 Å².